The van der Waals surface area contributed by atoms with Crippen molar-refractivity contribution in [3.63, 3.8) is 0 Å². The first-order chi connectivity index (χ1) is 13.9. The molecule has 150 valence electrons. The van der Waals surface area contributed by atoms with Crippen LogP contribution in [0.15, 0.2) is 53.3 Å². The van der Waals surface area contributed by atoms with Gasteiger partial charge in [0.15, 0.2) is 5.69 Å². The summed E-state index contributed by atoms with van der Waals surface area (Å²) in [7, 11) is 2.90. The van der Waals surface area contributed by atoms with Gasteiger partial charge >= 0.3 is 0 Å². The fourth-order valence-corrected chi connectivity index (χ4v) is 2.63. The van der Waals surface area contributed by atoms with Gasteiger partial charge in [0.2, 0.25) is 11.3 Å². The largest absolute Gasteiger partial charge is 0.497 e. The summed E-state index contributed by atoms with van der Waals surface area (Å²) in [5, 5.41) is 6.53. The van der Waals surface area contributed by atoms with E-state index in [2.05, 4.69) is 10.4 Å². The first-order valence-electron chi connectivity index (χ1n) is 8.47. The monoisotopic (exact) mass is 401 g/mol. The number of hydrogen-bond acceptors (Lipinski definition) is 5. The number of carbonyl (C=O) groups excluding carboxylic acids is 1. The highest BCUT2D eigenvalue weighted by Gasteiger charge is 2.17. The Balaban J connectivity index is 1.89. The van der Waals surface area contributed by atoms with Crippen molar-refractivity contribution in [1.82, 2.24) is 15.1 Å². The van der Waals surface area contributed by atoms with E-state index >= 15 is 0 Å². The molecule has 0 unspecified atom stereocenters. The molecule has 1 N–H and O–H groups in total. The zero-order valence-corrected chi connectivity index (χ0v) is 15.6. The van der Waals surface area contributed by atoms with E-state index in [4.69, 9.17) is 9.47 Å². The quantitative estimate of drug-likeness (QED) is 0.686. The highest BCUT2D eigenvalue weighted by Crippen LogP contribution is 2.18. The highest BCUT2D eigenvalue weighted by molar-refractivity contribution is 5.92. The number of benzene rings is 2. The fourth-order valence-electron chi connectivity index (χ4n) is 2.63. The fraction of sp³-hybridized carbons (Fsp3) is 0.150. The van der Waals surface area contributed by atoms with Gasteiger partial charge < -0.3 is 14.8 Å². The van der Waals surface area contributed by atoms with Crippen molar-refractivity contribution in [3.8, 4) is 17.3 Å². The van der Waals surface area contributed by atoms with Gasteiger partial charge in [-0.25, -0.2) is 13.5 Å². The second-order valence-corrected chi connectivity index (χ2v) is 5.97. The van der Waals surface area contributed by atoms with Crippen LogP contribution < -0.4 is 20.2 Å². The Morgan fingerprint density at radius 1 is 1.03 bits per heavy atom. The van der Waals surface area contributed by atoms with E-state index in [1.807, 2.05) is 0 Å². The number of halogens is 2. The second kappa shape index (κ2) is 8.51. The number of aromatic nitrogens is 2. The number of hydrogen-bond donors (Lipinski definition) is 1. The molecule has 29 heavy (non-hydrogen) atoms. The summed E-state index contributed by atoms with van der Waals surface area (Å²) in [5.41, 5.74) is -0.309. The number of nitrogens with one attached hydrogen (secondary N) is 1. The van der Waals surface area contributed by atoms with Crippen LogP contribution in [-0.4, -0.2) is 29.9 Å². The number of nitrogens with zero attached hydrogens (tertiary/aromatic N) is 2. The molecular weight excluding hydrogens is 384 g/mol. The normalized spacial score (nSPS) is 10.5. The van der Waals surface area contributed by atoms with E-state index in [-0.39, 0.29) is 18.0 Å². The van der Waals surface area contributed by atoms with Crippen LogP contribution in [0.25, 0.3) is 5.69 Å². The van der Waals surface area contributed by atoms with Crippen LogP contribution in [0.5, 0.6) is 11.6 Å². The summed E-state index contributed by atoms with van der Waals surface area (Å²) < 4.78 is 38.1. The molecule has 1 heterocycles. The third kappa shape index (κ3) is 4.57. The zero-order chi connectivity index (χ0) is 21.0. The molecule has 1 aromatic heterocycles. The average molecular weight is 401 g/mol. The minimum Gasteiger partial charge on any atom is -0.497 e. The van der Waals surface area contributed by atoms with Gasteiger partial charge in [0, 0.05) is 12.6 Å². The molecule has 0 fully saturated rings. The van der Waals surface area contributed by atoms with Crippen LogP contribution in [0.1, 0.15) is 16.1 Å². The molecule has 9 heteroatoms. The van der Waals surface area contributed by atoms with Crippen LogP contribution in [0, 0.1) is 11.6 Å². The van der Waals surface area contributed by atoms with Gasteiger partial charge in [-0.2, -0.15) is 5.10 Å². The Hall–Kier alpha value is -3.75. The highest BCUT2D eigenvalue weighted by atomic mass is 19.1. The third-order valence-electron chi connectivity index (χ3n) is 4.01. The number of amides is 1. The SMILES string of the molecule is COc1ccc(-n2nc(C(=O)NCc3cc(F)cc(F)c3)c(=O)cc2OC)cc1. The molecule has 7 nitrogen and oxygen atoms in total. The predicted molar refractivity (Wildman–Crippen MR) is 100 cm³/mol. The topological polar surface area (TPSA) is 82.5 Å². The first-order valence-corrected chi connectivity index (χ1v) is 8.47. The van der Waals surface area contributed by atoms with Crippen LogP contribution in [0.4, 0.5) is 8.78 Å². The molecule has 0 atom stereocenters. The lowest BCUT2D eigenvalue weighted by Gasteiger charge is -2.13. The molecule has 0 aliphatic heterocycles. The smallest absolute Gasteiger partial charge is 0.276 e. The van der Waals surface area contributed by atoms with E-state index in [1.165, 1.54) is 18.9 Å². The number of rotatable bonds is 6. The van der Waals surface area contributed by atoms with E-state index in [9.17, 15) is 18.4 Å². The van der Waals surface area contributed by atoms with Crippen LogP contribution >= 0.6 is 0 Å². The predicted octanol–water partition coefficient (Wildman–Crippen LogP) is 2.46. The molecule has 0 spiro atoms. The minimum atomic E-state index is -0.787. The van der Waals surface area contributed by atoms with Crippen molar-refractivity contribution in [3.05, 3.63) is 81.6 Å². The summed E-state index contributed by atoms with van der Waals surface area (Å²) in [6.07, 6.45) is 0. The minimum absolute atomic E-state index is 0.129. The number of ether oxygens (including phenoxy) is 2. The molecule has 0 saturated heterocycles. The Bertz CT molecular complexity index is 1080. The molecule has 2 aromatic carbocycles. The van der Waals surface area contributed by atoms with E-state index in [0.29, 0.717) is 11.4 Å². The summed E-state index contributed by atoms with van der Waals surface area (Å²) in [6.45, 7) is -0.177. The Morgan fingerprint density at radius 2 is 1.69 bits per heavy atom. The van der Waals surface area contributed by atoms with E-state index in [1.54, 1.807) is 24.3 Å². The molecule has 0 aliphatic rings. The molecule has 3 aromatic rings. The molecule has 0 bridgehead atoms. The summed E-state index contributed by atoms with van der Waals surface area (Å²) in [6, 6.07) is 10.8. The summed E-state index contributed by atoms with van der Waals surface area (Å²) in [5.74, 6) is -1.57. The summed E-state index contributed by atoms with van der Waals surface area (Å²) >= 11 is 0. The average Bonchev–Trinajstić information content (AvgIpc) is 2.71. The lowest BCUT2D eigenvalue weighted by Crippen LogP contribution is -2.31. The van der Waals surface area contributed by atoms with Crippen LogP contribution in [0.3, 0.4) is 0 Å². The Kier molecular flexibility index (Phi) is 5.87. The van der Waals surface area contributed by atoms with Crippen molar-refractivity contribution in [1.29, 1.82) is 0 Å². The van der Waals surface area contributed by atoms with Crippen molar-refractivity contribution >= 4 is 5.91 Å². The van der Waals surface area contributed by atoms with Crippen molar-refractivity contribution < 1.29 is 23.0 Å². The molecular formula is C20H17F2N3O4. The first kappa shape index (κ1) is 20.0. The van der Waals surface area contributed by atoms with Gasteiger partial charge in [-0.3, -0.25) is 9.59 Å². The van der Waals surface area contributed by atoms with Gasteiger partial charge in [-0.1, -0.05) is 0 Å². The van der Waals surface area contributed by atoms with Crippen LogP contribution in [0.2, 0.25) is 0 Å². The molecule has 0 saturated carbocycles. The van der Waals surface area contributed by atoms with Crippen molar-refractivity contribution in [2.75, 3.05) is 14.2 Å². The molecule has 3 rings (SSSR count). The Labute approximate surface area is 164 Å². The van der Waals surface area contributed by atoms with E-state index < -0.39 is 28.7 Å². The number of carbonyl (C=O) groups is 1. The molecule has 0 radical (unpaired) electrons. The van der Waals surface area contributed by atoms with E-state index in [0.717, 1.165) is 24.3 Å². The third-order valence-corrected chi connectivity index (χ3v) is 4.01. The Morgan fingerprint density at radius 3 is 2.28 bits per heavy atom. The maximum atomic E-state index is 13.3. The lowest BCUT2D eigenvalue weighted by atomic mass is 10.2. The van der Waals surface area contributed by atoms with Gasteiger partial charge in [0.1, 0.15) is 17.4 Å². The van der Waals surface area contributed by atoms with Gasteiger partial charge in [0.25, 0.3) is 5.91 Å². The lowest BCUT2D eigenvalue weighted by molar-refractivity contribution is 0.0942. The maximum Gasteiger partial charge on any atom is 0.276 e. The molecule has 0 aliphatic carbocycles. The van der Waals surface area contributed by atoms with Gasteiger partial charge in [0.05, 0.1) is 26.0 Å². The van der Waals surface area contributed by atoms with Gasteiger partial charge in [-0.05, 0) is 42.0 Å². The number of methoxy groups -OCH3 is 2. The second-order valence-electron chi connectivity index (χ2n) is 5.97. The maximum absolute atomic E-state index is 13.3. The van der Waals surface area contributed by atoms with Crippen LogP contribution in [-0.2, 0) is 6.54 Å². The standard InChI is InChI=1S/C20H17F2N3O4/c1-28-16-5-3-15(4-6-16)25-18(29-2)10-17(26)19(24-25)20(27)23-11-12-7-13(21)9-14(22)8-12/h3-10H,11H2,1-2H3,(H,23,27). The van der Waals surface area contributed by atoms with Gasteiger partial charge in [-0.15, -0.1) is 0 Å². The van der Waals surface area contributed by atoms with Crippen molar-refractivity contribution in [2.45, 2.75) is 6.54 Å². The van der Waals surface area contributed by atoms with Crippen molar-refractivity contribution in [2.24, 2.45) is 0 Å². The summed E-state index contributed by atoms with van der Waals surface area (Å²) in [4.78, 5) is 24.7. The molecule has 1 amide bonds. The zero-order valence-electron chi connectivity index (χ0n) is 15.6.